The van der Waals surface area contributed by atoms with Crippen LogP contribution >= 0.6 is 0 Å². The van der Waals surface area contributed by atoms with Gasteiger partial charge >= 0.3 is 6.03 Å². The number of carbonyl (C=O) groups excluding carboxylic acids is 1. The van der Waals surface area contributed by atoms with Crippen molar-refractivity contribution in [3.63, 3.8) is 0 Å². The molecule has 7 heteroatoms. The average molecular weight is 355 g/mol. The fraction of sp³-hybridized carbons (Fsp3) is 0.421. The van der Waals surface area contributed by atoms with Gasteiger partial charge in [0.2, 0.25) is 0 Å². The van der Waals surface area contributed by atoms with Crippen LogP contribution in [-0.2, 0) is 4.74 Å². The van der Waals surface area contributed by atoms with Gasteiger partial charge in [-0.3, -0.25) is 4.98 Å². The van der Waals surface area contributed by atoms with E-state index in [2.05, 4.69) is 20.2 Å². The van der Waals surface area contributed by atoms with E-state index in [1.165, 1.54) is 0 Å². The van der Waals surface area contributed by atoms with Crippen molar-refractivity contribution in [2.75, 3.05) is 44.8 Å². The van der Waals surface area contributed by atoms with Crippen LogP contribution in [0.4, 0.5) is 10.6 Å². The monoisotopic (exact) mass is 355 g/mol. The van der Waals surface area contributed by atoms with Gasteiger partial charge in [-0.2, -0.15) is 0 Å². The van der Waals surface area contributed by atoms with Gasteiger partial charge in [0.1, 0.15) is 5.82 Å². The molecule has 1 aliphatic heterocycles. The molecule has 2 heterocycles. The third-order valence-electron chi connectivity index (χ3n) is 4.55. The number of amides is 2. The summed E-state index contributed by atoms with van der Waals surface area (Å²) < 4.78 is 5.28. The molecule has 1 aromatic carbocycles. The van der Waals surface area contributed by atoms with Crippen molar-refractivity contribution in [2.45, 2.75) is 13.0 Å². The van der Waals surface area contributed by atoms with Gasteiger partial charge in [0.15, 0.2) is 0 Å². The van der Waals surface area contributed by atoms with Crippen molar-refractivity contribution in [3.8, 4) is 0 Å². The van der Waals surface area contributed by atoms with Crippen LogP contribution in [0.25, 0.3) is 0 Å². The number of carbonyl (C=O) groups is 1. The zero-order valence-corrected chi connectivity index (χ0v) is 15.3. The molecule has 1 fully saturated rings. The van der Waals surface area contributed by atoms with E-state index in [1.54, 1.807) is 19.5 Å². The molecule has 0 aliphatic carbocycles. The Morgan fingerprint density at radius 3 is 2.50 bits per heavy atom. The number of benzene rings is 1. The summed E-state index contributed by atoms with van der Waals surface area (Å²) in [4.78, 5) is 25.4. The van der Waals surface area contributed by atoms with Crippen LogP contribution in [-0.4, -0.2) is 60.8 Å². The van der Waals surface area contributed by atoms with Crippen molar-refractivity contribution < 1.29 is 9.53 Å². The Balaban J connectivity index is 1.58. The van der Waals surface area contributed by atoms with Gasteiger partial charge in [-0.05, 0) is 12.5 Å². The zero-order chi connectivity index (χ0) is 18.4. The van der Waals surface area contributed by atoms with Gasteiger partial charge < -0.3 is 19.9 Å². The van der Waals surface area contributed by atoms with Gasteiger partial charge in [0, 0.05) is 45.7 Å². The van der Waals surface area contributed by atoms with E-state index in [1.807, 2.05) is 42.2 Å². The molecule has 1 atom stereocenters. The summed E-state index contributed by atoms with van der Waals surface area (Å²) in [5.74, 6) is 0.897. The molecule has 2 aromatic rings. The van der Waals surface area contributed by atoms with Crippen LogP contribution in [0.2, 0.25) is 0 Å². The van der Waals surface area contributed by atoms with Gasteiger partial charge in [0.25, 0.3) is 0 Å². The quantitative estimate of drug-likeness (QED) is 0.888. The predicted molar refractivity (Wildman–Crippen MR) is 100 cm³/mol. The van der Waals surface area contributed by atoms with E-state index in [0.717, 1.165) is 30.2 Å². The van der Waals surface area contributed by atoms with Gasteiger partial charge in [0.05, 0.1) is 18.3 Å². The minimum atomic E-state index is -0.158. The fourth-order valence-electron chi connectivity index (χ4n) is 3.15. The SMILES string of the molecule is COCC(NC(=O)N1CCN(c2nccnc2C)CC1)c1ccccc1. The van der Waals surface area contributed by atoms with Crippen molar-refractivity contribution in [2.24, 2.45) is 0 Å². The van der Waals surface area contributed by atoms with Crippen molar-refractivity contribution in [1.29, 1.82) is 0 Å². The number of urea groups is 1. The highest BCUT2D eigenvalue weighted by atomic mass is 16.5. The fourth-order valence-corrected chi connectivity index (χ4v) is 3.15. The number of hydrogen-bond donors (Lipinski definition) is 1. The maximum Gasteiger partial charge on any atom is 0.318 e. The molecule has 0 spiro atoms. The summed E-state index contributed by atoms with van der Waals surface area (Å²) in [5, 5.41) is 3.09. The van der Waals surface area contributed by atoms with E-state index in [0.29, 0.717) is 19.7 Å². The molecule has 1 aliphatic rings. The highest BCUT2D eigenvalue weighted by molar-refractivity contribution is 5.75. The van der Waals surface area contributed by atoms with Crippen LogP contribution in [0, 0.1) is 6.92 Å². The maximum atomic E-state index is 12.7. The van der Waals surface area contributed by atoms with Gasteiger partial charge in [-0.15, -0.1) is 0 Å². The summed E-state index contributed by atoms with van der Waals surface area (Å²) in [6.07, 6.45) is 3.40. The molecule has 0 radical (unpaired) electrons. The van der Waals surface area contributed by atoms with Crippen LogP contribution < -0.4 is 10.2 Å². The Morgan fingerprint density at radius 2 is 1.85 bits per heavy atom. The van der Waals surface area contributed by atoms with E-state index < -0.39 is 0 Å². The Kier molecular flexibility index (Phi) is 6.01. The summed E-state index contributed by atoms with van der Waals surface area (Å²) in [5.41, 5.74) is 1.95. The number of rotatable bonds is 5. The molecule has 1 unspecified atom stereocenters. The second-order valence-corrected chi connectivity index (χ2v) is 6.31. The summed E-state index contributed by atoms with van der Waals surface area (Å²) in [6, 6.07) is 9.67. The van der Waals surface area contributed by atoms with Crippen LogP contribution in [0.1, 0.15) is 17.3 Å². The van der Waals surface area contributed by atoms with Crippen molar-refractivity contribution >= 4 is 11.8 Å². The van der Waals surface area contributed by atoms with E-state index in [9.17, 15) is 4.79 Å². The highest BCUT2D eigenvalue weighted by Gasteiger charge is 2.25. The minimum Gasteiger partial charge on any atom is -0.382 e. The summed E-state index contributed by atoms with van der Waals surface area (Å²) >= 11 is 0. The number of ether oxygens (including phenoxy) is 1. The van der Waals surface area contributed by atoms with Crippen molar-refractivity contribution in [1.82, 2.24) is 20.2 Å². The number of aryl methyl sites for hydroxylation is 1. The minimum absolute atomic E-state index is 0.0635. The molecule has 138 valence electrons. The third kappa shape index (κ3) is 4.29. The first kappa shape index (κ1) is 18.1. The van der Waals surface area contributed by atoms with Crippen LogP contribution in [0.3, 0.4) is 0 Å². The lowest BCUT2D eigenvalue weighted by Gasteiger charge is -2.36. The number of piperazine rings is 1. The largest absolute Gasteiger partial charge is 0.382 e. The van der Waals surface area contributed by atoms with E-state index >= 15 is 0 Å². The number of hydrogen-bond acceptors (Lipinski definition) is 5. The first-order chi connectivity index (χ1) is 12.7. The molecule has 7 nitrogen and oxygen atoms in total. The Bertz CT molecular complexity index is 717. The van der Waals surface area contributed by atoms with Gasteiger partial charge in [-0.25, -0.2) is 9.78 Å². The average Bonchev–Trinajstić information content (AvgIpc) is 2.69. The number of anilines is 1. The molecule has 1 aromatic heterocycles. The number of aromatic nitrogens is 2. The summed E-state index contributed by atoms with van der Waals surface area (Å²) in [7, 11) is 1.64. The molecule has 3 rings (SSSR count). The lowest BCUT2D eigenvalue weighted by atomic mass is 10.1. The van der Waals surface area contributed by atoms with Crippen LogP contribution in [0.15, 0.2) is 42.7 Å². The Morgan fingerprint density at radius 1 is 1.15 bits per heavy atom. The predicted octanol–water partition coefficient (Wildman–Crippen LogP) is 2.00. The molecule has 2 amide bonds. The molecule has 1 N–H and O–H groups in total. The first-order valence-electron chi connectivity index (χ1n) is 8.81. The normalized spacial score (nSPS) is 15.6. The molecule has 26 heavy (non-hydrogen) atoms. The second kappa shape index (κ2) is 8.62. The first-order valence-corrected chi connectivity index (χ1v) is 8.81. The molecule has 0 saturated carbocycles. The lowest BCUT2D eigenvalue weighted by molar-refractivity contribution is 0.153. The molecule has 0 bridgehead atoms. The van der Waals surface area contributed by atoms with Crippen molar-refractivity contribution in [3.05, 3.63) is 54.0 Å². The van der Waals surface area contributed by atoms with E-state index in [-0.39, 0.29) is 12.1 Å². The Hall–Kier alpha value is -2.67. The van der Waals surface area contributed by atoms with Crippen LogP contribution in [0.5, 0.6) is 0 Å². The van der Waals surface area contributed by atoms with E-state index in [4.69, 9.17) is 4.74 Å². The third-order valence-corrected chi connectivity index (χ3v) is 4.55. The van der Waals surface area contributed by atoms with Gasteiger partial charge in [-0.1, -0.05) is 30.3 Å². The smallest absolute Gasteiger partial charge is 0.318 e. The molecular formula is C19H25N5O2. The lowest BCUT2D eigenvalue weighted by Crippen LogP contribution is -2.53. The molecular weight excluding hydrogens is 330 g/mol. The topological polar surface area (TPSA) is 70.6 Å². The number of nitrogens with one attached hydrogen (secondary N) is 1. The highest BCUT2D eigenvalue weighted by Crippen LogP contribution is 2.17. The maximum absolute atomic E-state index is 12.7. The number of nitrogens with zero attached hydrogens (tertiary/aromatic N) is 4. The standard InChI is InChI=1S/C19H25N5O2/c1-15-18(21-9-8-20-15)23-10-12-24(13-11-23)19(25)22-17(14-26-2)16-6-4-3-5-7-16/h3-9,17H,10-14H2,1-2H3,(H,22,25). The number of methoxy groups -OCH3 is 1. The molecule has 1 saturated heterocycles. The zero-order valence-electron chi connectivity index (χ0n) is 15.3. The Labute approximate surface area is 154 Å². The second-order valence-electron chi connectivity index (χ2n) is 6.31. The summed E-state index contributed by atoms with van der Waals surface area (Å²) in [6.45, 7) is 5.18.